The lowest BCUT2D eigenvalue weighted by atomic mass is 10.1. The van der Waals surface area contributed by atoms with Gasteiger partial charge in [-0.2, -0.15) is 0 Å². The van der Waals surface area contributed by atoms with Crippen molar-refractivity contribution in [2.75, 3.05) is 19.0 Å². The summed E-state index contributed by atoms with van der Waals surface area (Å²) >= 11 is 3.45. The number of anilines is 1. The van der Waals surface area contributed by atoms with Crippen LogP contribution >= 0.6 is 15.9 Å². The molecule has 0 radical (unpaired) electrons. The van der Waals surface area contributed by atoms with Crippen LogP contribution in [0.1, 0.15) is 21.5 Å². The van der Waals surface area contributed by atoms with Crippen LogP contribution in [-0.2, 0) is 13.0 Å². The molecule has 0 aliphatic carbocycles. The van der Waals surface area contributed by atoms with Crippen molar-refractivity contribution in [1.82, 2.24) is 10.3 Å². The van der Waals surface area contributed by atoms with E-state index in [1.807, 2.05) is 18.2 Å². The lowest BCUT2D eigenvalue weighted by Gasteiger charge is -2.11. The average molecular weight is 362 g/mol. The summed E-state index contributed by atoms with van der Waals surface area (Å²) in [6.45, 7) is 1.28. The number of nitrogens with one attached hydrogen (secondary N) is 2. The van der Waals surface area contributed by atoms with E-state index in [0.717, 1.165) is 33.6 Å². The molecule has 1 aromatic carbocycles. The Morgan fingerprint density at radius 3 is 3.14 bits per heavy atom. The van der Waals surface area contributed by atoms with Crippen molar-refractivity contribution < 1.29 is 9.53 Å². The Morgan fingerprint density at radius 1 is 1.45 bits per heavy atom. The maximum Gasteiger partial charge on any atom is 0.251 e. The first-order chi connectivity index (χ1) is 10.7. The number of hydrogen-bond acceptors (Lipinski definition) is 4. The molecule has 22 heavy (non-hydrogen) atoms. The van der Waals surface area contributed by atoms with Gasteiger partial charge in [-0.15, -0.1) is 0 Å². The van der Waals surface area contributed by atoms with E-state index in [1.54, 1.807) is 19.3 Å². The fourth-order valence-electron chi connectivity index (χ4n) is 2.46. The Morgan fingerprint density at radius 2 is 2.32 bits per heavy atom. The van der Waals surface area contributed by atoms with Crippen molar-refractivity contribution in [2.45, 2.75) is 13.0 Å². The molecule has 5 nitrogen and oxygen atoms in total. The van der Waals surface area contributed by atoms with Crippen molar-refractivity contribution in [3.05, 3.63) is 51.6 Å². The molecule has 0 fully saturated rings. The van der Waals surface area contributed by atoms with Crippen LogP contribution < -0.4 is 15.4 Å². The Bertz CT molecular complexity index is 719. The molecular formula is C16H16BrN3O2. The zero-order valence-electron chi connectivity index (χ0n) is 12.1. The summed E-state index contributed by atoms with van der Waals surface area (Å²) in [5.74, 6) is 1.62. The zero-order chi connectivity index (χ0) is 15.5. The van der Waals surface area contributed by atoms with Gasteiger partial charge in [0, 0.05) is 37.3 Å². The number of hydrogen-bond donors (Lipinski definition) is 2. The molecule has 2 aromatic rings. The SMILES string of the molecule is CNC(=O)c1cccc(CNc2ncc(Br)c3c2CCO3)c1. The number of nitrogens with zero attached hydrogens (tertiary/aromatic N) is 1. The molecule has 0 atom stereocenters. The number of aromatic nitrogens is 1. The molecule has 6 heteroatoms. The number of fused-ring (bicyclic) bond motifs is 1. The molecular weight excluding hydrogens is 346 g/mol. The van der Waals surface area contributed by atoms with Crippen LogP contribution in [0.15, 0.2) is 34.9 Å². The maximum atomic E-state index is 11.7. The summed E-state index contributed by atoms with van der Waals surface area (Å²) < 4.78 is 6.49. The van der Waals surface area contributed by atoms with Gasteiger partial charge in [0.05, 0.1) is 11.1 Å². The third kappa shape index (κ3) is 2.92. The normalized spacial score (nSPS) is 12.5. The lowest BCUT2D eigenvalue weighted by Crippen LogP contribution is -2.18. The van der Waals surface area contributed by atoms with Crippen LogP contribution in [0.2, 0.25) is 0 Å². The number of pyridine rings is 1. The van der Waals surface area contributed by atoms with E-state index in [9.17, 15) is 4.79 Å². The van der Waals surface area contributed by atoms with E-state index in [4.69, 9.17) is 4.74 Å². The average Bonchev–Trinajstić information content (AvgIpc) is 3.04. The molecule has 1 aliphatic rings. The van der Waals surface area contributed by atoms with Gasteiger partial charge in [-0.1, -0.05) is 12.1 Å². The molecule has 0 unspecified atom stereocenters. The summed E-state index contributed by atoms with van der Waals surface area (Å²) in [4.78, 5) is 16.1. The van der Waals surface area contributed by atoms with E-state index in [-0.39, 0.29) is 5.91 Å². The minimum Gasteiger partial charge on any atom is -0.492 e. The van der Waals surface area contributed by atoms with Gasteiger partial charge in [0.15, 0.2) is 0 Å². The van der Waals surface area contributed by atoms with Gasteiger partial charge < -0.3 is 15.4 Å². The van der Waals surface area contributed by atoms with E-state index in [1.165, 1.54) is 0 Å². The molecule has 114 valence electrons. The second-order valence-electron chi connectivity index (χ2n) is 4.99. The highest BCUT2D eigenvalue weighted by atomic mass is 79.9. The molecule has 1 aliphatic heterocycles. The van der Waals surface area contributed by atoms with Crippen molar-refractivity contribution >= 4 is 27.7 Å². The largest absolute Gasteiger partial charge is 0.492 e. The third-order valence-electron chi connectivity index (χ3n) is 3.56. The Hall–Kier alpha value is -2.08. The Kier molecular flexibility index (Phi) is 4.29. The Balaban J connectivity index is 1.76. The van der Waals surface area contributed by atoms with Gasteiger partial charge in [0.2, 0.25) is 0 Å². The molecule has 0 saturated heterocycles. The van der Waals surface area contributed by atoms with Gasteiger partial charge in [-0.25, -0.2) is 4.98 Å². The number of benzene rings is 1. The summed E-state index contributed by atoms with van der Waals surface area (Å²) in [5, 5.41) is 5.96. The van der Waals surface area contributed by atoms with Crippen LogP contribution in [0.5, 0.6) is 5.75 Å². The summed E-state index contributed by atoms with van der Waals surface area (Å²) in [5.41, 5.74) is 2.77. The van der Waals surface area contributed by atoms with E-state index >= 15 is 0 Å². The molecule has 2 N–H and O–H groups in total. The smallest absolute Gasteiger partial charge is 0.251 e. The Labute approximate surface area is 137 Å². The number of halogens is 1. The van der Waals surface area contributed by atoms with Crippen LogP contribution in [0.3, 0.4) is 0 Å². The lowest BCUT2D eigenvalue weighted by molar-refractivity contribution is 0.0963. The molecule has 2 heterocycles. The molecule has 1 aromatic heterocycles. The molecule has 1 amide bonds. The first kappa shape index (κ1) is 14.8. The van der Waals surface area contributed by atoms with Crippen LogP contribution in [0, 0.1) is 0 Å². The number of carbonyl (C=O) groups is 1. The fraction of sp³-hybridized carbons (Fsp3) is 0.250. The molecule has 0 spiro atoms. The number of rotatable bonds is 4. The summed E-state index contributed by atoms with van der Waals surface area (Å²) in [6.07, 6.45) is 2.59. The monoisotopic (exact) mass is 361 g/mol. The van der Waals surface area contributed by atoms with Crippen molar-refractivity contribution in [3.63, 3.8) is 0 Å². The van der Waals surface area contributed by atoms with E-state index in [0.29, 0.717) is 18.7 Å². The number of amides is 1. The van der Waals surface area contributed by atoms with Gasteiger partial charge in [-0.05, 0) is 33.6 Å². The van der Waals surface area contributed by atoms with Crippen LogP contribution in [0.4, 0.5) is 5.82 Å². The van der Waals surface area contributed by atoms with Gasteiger partial charge in [0.1, 0.15) is 11.6 Å². The topological polar surface area (TPSA) is 63.2 Å². The minimum atomic E-state index is -0.0853. The van der Waals surface area contributed by atoms with Gasteiger partial charge in [0.25, 0.3) is 5.91 Å². The van der Waals surface area contributed by atoms with Crippen LogP contribution in [0.25, 0.3) is 0 Å². The van der Waals surface area contributed by atoms with Crippen molar-refractivity contribution in [1.29, 1.82) is 0 Å². The zero-order valence-corrected chi connectivity index (χ0v) is 13.7. The molecule has 0 saturated carbocycles. The number of carbonyl (C=O) groups excluding carboxylic acids is 1. The highest BCUT2D eigenvalue weighted by Gasteiger charge is 2.20. The first-order valence-corrected chi connectivity index (χ1v) is 7.83. The van der Waals surface area contributed by atoms with E-state index in [2.05, 4.69) is 31.5 Å². The quantitative estimate of drug-likeness (QED) is 0.878. The highest BCUT2D eigenvalue weighted by molar-refractivity contribution is 9.10. The van der Waals surface area contributed by atoms with Crippen molar-refractivity contribution in [3.8, 4) is 5.75 Å². The number of ether oxygens (including phenoxy) is 1. The standard InChI is InChI=1S/C16H16BrN3O2/c1-18-16(21)11-4-2-3-10(7-11)8-19-15-12-5-6-22-14(12)13(17)9-20-15/h2-4,7,9H,5-6,8H2,1H3,(H,18,21)(H,19,20). The van der Waals surface area contributed by atoms with Crippen molar-refractivity contribution in [2.24, 2.45) is 0 Å². The minimum absolute atomic E-state index is 0.0853. The molecule has 3 rings (SSSR count). The summed E-state index contributed by atoms with van der Waals surface area (Å²) in [7, 11) is 1.63. The maximum absolute atomic E-state index is 11.7. The van der Waals surface area contributed by atoms with Gasteiger partial charge >= 0.3 is 0 Å². The van der Waals surface area contributed by atoms with Gasteiger partial charge in [-0.3, -0.25) is 4.79 Å². The second-order valence-corrected chi connectivity index (χ2v) is 5.85. The van der Waals surface area contributed by atoms with Crippen LogP contribution in [-0.4, -0.2) is 24.5 Å². The predicted molar refractivity (Wildman–Crippen MR) is 88.3 cm³/mol. The third-order valence-corrected chi connectivity index (χ3v) is 4.12. The highest BCUT2D eigenvalue weighted by Crippen LogP contribution is 2.36. The molecule has 0 bridgehead atoms. The second kappa shape index (κ2) is 6.36. The first-order valence-electron chi connectivity index (χ1n) is 7.04. The fourth-order valence-corrected chi connectivity index (χ4v) is 2.91. The predicted octanol–water partition coefficient (Wildman–Crippen LogP) is 2.75. The van der Waals surface area contributed by atoms with E-state index < -0.39 is 0 Å². The summed E-state index contributed by atoms with van der Waals surface area (Å²) in [6, 6.07) is 7.53.